The number of hydrogen-bond acceptors (Lipinski definition) is 3. The van der Waals surface area contributed by atoms with Crippen LogP contribution in [0.3, 0.4) is 0 Å². The number of aliphatic hydroxyl groups excluding tert-OH is 1. The number of likely N-dealkylation sites (N-methyl/N-ethyl adjacent to an activating group) is 1. The molecule has 0 aromatic rings. The zero-order valence-electron chi connectivity index (χ0n) is 9.32. The average Bonchev–Trinajstić information content (AvgIpc) is 2.57. The third-order valence-electron chi connectivity index (χ3n) is 3.90. The molecule has 1 unspecified atom stereocenters. The molecule has 1 N–H and O–H groups in total. The lowest BCUT2D eigenvalue weighted by Gasteiger charge is -2.41. The summed E-state index contributed by atoms with van der Waals surface area (Å²) < 4.78 is 0. The van der Waals surface area contributed by atoms with Crippen molar-refractivity contribution in [1.82, 2.24) is 9.80 Å². The van der Waals surface area contributed by atoms with Crippen molar-refractivity contribution in [2.45, 2.75) is 44.4 Å². The van der Waals surface area contributed by atoms with Crippen LogP contribution in [0.2, 0.25) is 0 Å². The Bertz CT molecular complexity index is 198. The molecule has 3 nitrogen and oxygen atoms in total. The predicted octanol–water partition coefficient (Wildman–Crippen LogP) is 0.536. The van der Waals surface area contributed by atoms with E-state index in [0.29, 0.717) is 12.1 Å². The van der Waals surface area contributed by atoms with Crippen LogP contribution in [0.4, 0.5) is 0 Å². The van der Waals surface area contributed by atoms with Gasteiger partial charge in [0.15, 0.2) is 0 Å². The van der Waals surface area contributed by atoms with Crippen molar-refractivity contribution < 1.29 is 5.11 Å². The fourth-order valence-corrected chi connectivity index (χ4v) is 2.72. The molecule has 14 heavy (non-hydrogen) atoms. The fraction of sp³-hybridized carbons (Fsp3) is 1.00. The van der Waals surface area contributed by atoms with Gasteiger partial charge in [-0.15, -0.1) is 0 Å². The molecule has 1 saturated carbocycles. The Hall–Kier alpha value is -0.120. The topological polar surface area (TPSA) is 26.7 Å². The van der Waals surface area contributed by atoms with E-state index in [1.54, 1.807) is 0 Å². The van der Waals surface area contributed by atoms with Crippen LogP contribution in [0, 0.1) is 0 Å². The van der Waals surface area contributed by atoms with Gasteiger partial charge in [-0.3, -0.25) is 4.90 Å². The lowest BCUT2D eigenvalue weighted by atomic mass is 10.1. The molecule has 0 aromatic carbocycles. The van der Waals surface area contributed by atoms with Crippen molar-refractivity contribution in [2.24, 2.45) is 0 Å². The number of piperazine rings is 1. The Morgan fingerprint density at radius 3 is 2.57 bits per heavy atom. The van der Waals surface area contributed by atoms with E-state index in [1.165, 1.54) is 12.8 Å². The van der Waals surface area contributed by atoms with Crippen molar-refractivity contribution in [1.29, 1.82) is 0 Å². The first-order chi connectivity index (χ1) is 6.68. The largest absolute Gasteiger partial charge is 0.391 e. The molecule has 1 saturated heterocycles. The third kappa shape index (κ3) is 1.95. The molecular formula is C11H22N2O. The summed E-state index contributed by atoms with van der Waals surface area (Å²) in [4.78, 5) is 4.89. The van der Waals surface area contributed by atoms with Gasteiger partial charge in [0.25, 0.3) is 0 Å². The summed E-state index contributed by atoms with van der Waals surface area (Å²) in [5.74, 6) is 0. The van der Waals surface area contributed by atoms with E-state index >= 15 is 0 Å². The molecule has 2 fully saturated rings. The number of hydrogen-bond donors (Lipinski definition) is 1. The summed E-state index contributed by atoms with van der Waals surface area (Å²) in [5, 5.41) is 9.84. The zero-order valence-corrected chi connectivity index (χ0v) is 9.32. The second-order valence-corrected chi connectivity index (χ2v) is 4.89. The minimum atomic E-state index is -0.0643. The van der Waals surface area contributed by atoms with E-state index in [-0.39, 0.29) is 6.10 Å². The molecule has 3 atom stereocenters. The van der Waals surface area contributed by atoms with Crippen LogP contribution in [0.1, 0.15) is 26.2 Å². The van der Waals surface area contributed by atoms with Gasteiger partial charge in [0.05, 0.1) is 6.10 Å². The van der Waals surface area contributed by atoms with Gasteiger partial charge >= 0.3 is 0 Å². The fourth-order valence-electron chi connectivity index (χ4n) is 2.72. The molecule has 0 aromatic heterocycles. The normalized spacial score (nSPS) is 41.8. The predicted molar refractivity (Wildman–Crippen MR) is 57.3 cm³/mol. The number of nitrogens with zero attached hydrogens (tertiary/aromatic N) is 2. The van der Waals surface area contributed by atoms with Crippen LogP contribution < -0.4 is 0 Å². The van der Waals surface area contributed by atoms with Gasteiger partial charge in [0.1, 0.15) is 0 Å². The van der Waals surface area contributed by atoms with Gasteiger partial charge in [0.2, 0.25) is 0 Å². The highest BCUT2D eigenvalue weighted by Crippen LogP contribution is 2.25. The van der Waals surface area contributed by atoms with Gasteiger partial charge in [-0.05, 0) is 33.2 Å². The van der Waals surface area contributed by atoms with Crippen LogP contribution >= 0.6 is 0 Å². The molecule has 2 aliphatic rings. The molecule has 0 bridgehead atoms. The summed E-state index contributed by atoms with van der Waals surface area (Å²) in [7, 11) is 2.19. The molecule has 1 aliphatic heterocycles. The van der Waals surface area contributed by atoms with Crippen molar-refractivity contribution >= 4 is 0 Å². The Labute approximate surface area is 86.7 Å². The Morgan fingerprint density at radius 1 is 1.21 bits per heavy atom. The van der Waals surface area contributed by atoms with Crippen molar-refractivity contribution in [3.05, 3.63) is 0 Å². The molecule has 2 rings (SSSR count). The summed E-state index contributed by atoms with van der Waals surface area (Å²) in [6.07, 6.45) is 3.33. The molecule has 82 valence electrons. The quantitative estimate of drug-likeness (QED) is 0.666. The lowest BCUT2D eigenvalue weighted by Crippen LogP contribution is -2.55. The van der Waals surface area contributed by atoms with E-state index in [2.05, 4.69) is 23.8 Å². The van der Waals surface area contributed by atoms with Crippen LogP contribution in [0.25, 0.3) is 0 Å². The minimum Gasteiger partial charge on any atom is -0.391 e. The highest BCUT2D eigenvalue weighted by molar-refractivity contribution is 4.89. The highest BCUT2D eigenvalue weighted by Gasteiger charge is 2.33. The molecule has 0 spiro atoms. The van der Waals surface area contributed by atoms with Crippen LogP contribution in [-0.4, -0.2) is 59.8 Å². The average molecular weight is 198 g/mol. The Kier molecular flexibility index (Phi) is 3.10. The Balaban J connectivity index is 1.92. The first-order valence-corrected chi connectivity index (χ1v) is 5.81. The van der Waals surface area contributed by atoms with Crippen molar-refractivity contribution in [3.63, 3.8) is 0 Å². The van der Waals surface area contributed by atoms with Gasteiger partial charge < -0.3 is 10.0 Å². The maximum absolute atomic E-state index is 9.84. The van der Waals surface area contributed by atoms with Crippen LogP contribution in [-0.2, 0) is 0 Å². The van der Waals surface area contributed by atoms with E-state index in [1.807, 2.05) is 0 Å². The third-order valence-corrected chi connectivity index (χ3v) is 3.90. The summed E-state index contributed by atoms with van der Waals surface area (Å²) in [6.45, 7) is 5.67. The van der Waals surface area contributed by atoms with Crippen LogP contribution in [0.5, 0.6) is 0 Å². The summed E-state index contributed by atoms with van der Waals surface area (Å²) >= 11 is 0. The van der Waals surface area contributed by atoms with E-state index < -0.39 is 0 Å². The molecule has 3 heteroatoms. The van der Waals surface area contributed by atoms with Crippen molar-refractivity contribution in [2.75, 3.05) is 26.7 Å². The van der Waals surface area contributed by atoms with Crippen LogP contribution in [0.15, 0.2) is 0 Å². The number of aliphatic hydroxyl groups is 1. The SMILES string of the molecule is CC1CN([C@H]2CCC[C@@H]2O)CCN1C. The molecule has 1 heterocycles. The zero-order chi connectivity index (χ0) is 10.1. The standard InChI is InChI=1S/C11H22N2O/c1-9-8-13(7-6-12(9)2)10-4-3-5-11(10)14/h9-11,14H,3-8H2,1-2H3/t9?,10-,11-/m0/s1. The van der Waals surface area contributed by atoms with Gasteiger partial charge in [-0.25, -0.2) is 0 Å². The molecular weight excluding hydrogens is 176 g/mol. The minimum absolute atomic E-state index is 0.0643. The second-order valence-electron chi connectivity index (χ2n) is 4.89. The van der Waals surface area contributed by atoms with E-state index in [9.17, 15) is 5.11 Å². The van der Waals surface area contributed by atoms with E-state index in [4.69, 9.17) is 0 Å². The number of rotatable bonds is 1. The smallest absolute Gasteiger partial charge is 0.0695 e. The highest BCUT2D eigenvalue weighted by atomic mass is 16.3. The first-order valence-electron chi connectivity index (χ1n) is 5.81. The van der Waals surface area contributed by atoms with E-state index in [0.717, 1.165) is 26.1 Å². The Morgan fingerprint density at radius 2 is 2.00 bits per heavy atom. The van der Waals surface area contributed by atoms with Gasteiger partial charge in [0, 0.05) is 31.7 Å². The summed E-state index contributed by atoms with van der Waals surface area (Å²) in [6, 6.07) is 1.09. The summed E-state index contributed by atoms with van der Waals surface area (Å²) in [5.41, 5.74) is 0. The molecule has 0 radical (unpaired) electrons. The second kappa shape index (κ2) is 4.17. The van der Waals surface area contributed by atoms with Gasteiger partial charge in [-0.1, -0.05) is 0 Å². The maximum atomic E-state index is 9.84. The van der Waals surface area contributed by atoms with Gasteiger partial charge in [-0.2, -0.15) is 0 Å². The molecule has 0 amide bonds. The maximum Gasteiger partial charge on any atom is 0.0695 e. The molecule has 1 aliphatic carbocycles. The van der Waals surface area contributed by atoms with Crippen molar-refractivity contribution in [3.8, 4) is 0 Å². The first kappa shape index (κ1) is 10.4. The monoisotopic (exact) mass is 198 g/mol. The lowest BCUT2D eigenvalue weighted by molar-refractivity contribution is 0.0218.